The van der Waals surface area contributed by atoms with Gasteiger partial charge in [-0.3, -0.25) is 9.69 Å². The van der Waals surface area contributed by atoms with Gasteiger partial charge in [0, 0.05) is 25.8 Å². The number of nitrogens with one attached hydrogen (secondary N) is 1. The Morgan fingerprint density at radius 3 is 2.55 bits per heavy atom. The third-order valence-electron chi connectivity index (χ3n) is 5.79. The molecule has 0 radical (unpaired) electrons. The summed E-state index contributed by atoms with van der Waals surface area (Å²) in [6, 6.07) is 22.0. The molecule has 1 aliphatic heterocycles. The number of methoxy groups -OCH3 is 1. The molecule has 4 rings (SSSR count). The maximum absolute atomic E-state index is 12.6. The first kappa shape index (κ1) is 21.3. The van der Waals surface area contributed by atoms with Crippen LogP contribution in [0.25, 0.3) is 11.1 Å². The van der Waals surface area contributed by atoms with Gasteiger partial charge in [-0.15, -0.1) is 0 Å². The number of amides is 1. The lowest BCUT2D eigenvalue weighted by molar-refractivity contribution is 0.0927. The summed E-state index contributed by atoms with van der Waals surface area (Å²) in [6.45, 7) is 4.03. The van der Waals surface area contributed by atoms with Crippen molar-refractivity contribution in [3.05, 3.63) is 83.8 Å². The highest BCUT2D eigenvalue weighted by Gasteiger charge is 2.21. The summed E-state index contributed by atoms with van der Waals surface area (Å²) in [4.78, 5) is 15.0. The van der Waals surface area contributed by atoms with Crippen LogP contribution in [0.3, 0.4) is 0 Å². The molecule has 0 bridgehead atoms. The van der Waals surface area contributed by atoms with Gasteiger partial charge in [-0.25, -0.2) is 0 Å². The van der Waals surface area contributed by atoms with Crippen LogP contribution < -0.4 is 5.32 Å². The molecule has 1 aliphatic rings. The molecule has 5 nitrogen and oxygen atoms in total. The monoisotopic (exact) mass is 418 g/mol. The maximum atomic E-state index is 12.6. The number of hydrogen-bond donors (Lipinski definition) is 1. The Morgan fingerprint density at radius 1 is 1.03 bits per heavy atom. The molecule has 2 heterocycles. The molecule has 1 atom stereocenters. The number of nitrogens with zero attached hydrogens (tertiary/aromatic N) is 1. The van der Waals surface area contributed by atoms with Crippen LogP contribution in [0.4, 0.5) is 0 Å². The molecule has 1 amide bonds. The summed E-state index contributed by atoms with van der Waals surface area (Å²) in [5, 5.41) is 3.13. The van der Waals surface area contributed by atoms with Gasteiger partial charge in [0.2, 0.25) is 0 Å². The fourth-order valence-electron chi connectivity index (χ4n) is 4.19. The molecule has 0 saturated carbocycles. The van der Waals surface area contributed by atoms with E-state index in [1.165, 1.54) is 0 Å². The smallest absolute Gasteiger partial charge is 0.251 e. The number of likely N-dealkylation sites (tertiary alicyclic amines) is 1. The Bertz CT molecular complexity index is 966. The standard InChI is InChI=1S/C26H30N2O3/c1-30-19-25-14-13-24(31-25)18-28-15-5-6-20(17-28)16-27-26(29)23-11-9-22(10-12-23)21-7-3-2-4-8-21/h2-4,7-14,20H,5-6,15-19H2,1H3,(H,27,29)/t20-/m1/s1. The fraction of sp³-hybridized carbons (Fsp3) is 0.346. The summed E-state index contributed by atoms with van der Waals surface area (Å²) in [7, 11) is 1.67. The summed E-state index contributed by atoms with van der Waals surface area (Å²) in [5.74, 6) is 2.27. The number of carbonyl (C=O) groups excluding carboxylic acids is 1. The van der Waals surface area contributed by atoms with Gasteiger partial charge in [0.25, 0.3) is 5.91 Å². The van der Waals surface area contributed by atoms with Crippen LogP contribution in [-0.2, 0) is 17.9 Å². The van der Waals surface area contributed by atoms with Crippen LogP contribution in [0.1, 0.15) is 34.7 Å². The molecule has 1 fully saturated rings. The van der Waals surface area contributed by atoms with Crippen LogP contribution in [0.2, 0.25) is 0 Å². The van der Waals surface area contributed by atoms with Gasteiger partial charge in [-0.05, 0) is 60.7 Å². The van der Waals surface area contributed by atoms with Crippen molar-refractivity contribution in [3.8, 4) is 11.1 Å². The third-order valence-corrected chi connectivity index (χ3v) is 5.79. The number of furan rings is 1. The van der Waals surface area contributed by atoms with E-state index < -0.39 is 0 Å². The zero-order chi connectivity index (χ0) is 21.5. The Labute approximate surface area is 184 Å². The second kappa shape index (κ2) is 10.4. The molecular formula is C26H30N2O3. The lowest BCUT2D eigenvalue weighted by Crippen LogP contribution is -2.40. The van der Waals surface area contributed by atoms with Crippen LogP contribution in [0, 0.1) is 5.92 Å². The number of carbonyl (C=O) groups is 1. The first-order valence-corrected chi connectivity index (χ1v) is 10.9. The SMILES string of the molecule is COCc1ccc(CN2CCC[C@H](CNC(=O)c3ccc(-c4ccccc4)cc3)C2)o1. The molecule has 3 aromatic rings. The van der Waals surface area contributed by atoms with Crippen molar-refractivity contribution in [1.29, 1.82) is 0 Å². The molecule has 0 unspecified atom stereocenters. The van der Waals surface area contributed by atoms with Crippen LogP contribution >= 0.6 is 0 Å². The van der Waals surface area contributed by atoms with E-state index in [9.17, 15) is 4.79 Å². The Kier molecular flexibility index (Phi) is 7.18. The van der Waals surface area contributed by atoms with Crippen LogP contribution in [-0.4, -0.2) is 37.6 Å². The van der Waals surface area contributed by atoms with Crippen molar-refractivity contribution >= 4 is 5.91 Å². The van der Waals surface area contributed by atoms with Crippen LogP contribution in [0.15, 0.2) is 71.1 Å². The van der Waals surface area contributed by atoms with Gasteiger partial charge in [-0.1, -0.05) is 42.5 Å². The average molecular weight is 419 g/mol. The molecule has 162 valence electrons. The molecule has 0 spiro atoms. The predicted molar refractivity (Wildman–Crippen MR) is 122 cm³/mol. The van der Waals surface area contributed by atoms with Gasteiger partial charge in [0.05, 0.1) is 6.54 Å². The first-order chi connectivity index (χ1) is 15.2. The molecule has 1 saturated heterocycles. The summed E-state index contributed by atoms with van der Waals surface area (Å²) >= 11 is 0. The van der Waals surface area contributed by atoms with Crippen molar-refractivity contribution in [2.75, 3.05) is 26.7 Å². The van der Waals surface area contributed by atoms with E-state index in [4.69, 9.17) is 9.15 Å². The number of ether oxygens (including phenoxy) is 1. The molecule has 0 aliphatic carbocycles. The molecular weight excluding hydrogens is 388 g/mol. The van der Waals surface area contributed by atoms with E-state index in [-0.39, 0.29) is 5.91 Å². The topological polar surface area (TPSA) is 54.7 Å². The zero-order valence-corrected chi connectivity index (χ0v) is 18.0. The van der Waals surface area contributed by atoms with Gasteiger partial charge in [-0.2, -0.15) is 0 Å². The van der Waals surface area contributed by atoms with Gasteiger partial charge in [0.15, 0.2) is 0 Å². The Hall–Kier alpha value is -2.89. The highest BCUT2D eigenvalue weighted by molar-refractivity contribution is 5.94. The maximum Gasteiger partial charge on any atom is 0.251 e. The minimum absolute atomic E-state index is 0.00743. The van der Waals surface area contributed by atoms with Crippen molar-refractivity contribution in [2.45, 2.75) is 26.0 Å². The van der Waals surface area contributed by atoms with E-state index in [1.54, 1.807) is 7.11 Å². The molecule has 2 aromatic carbocycles. The Morgan fingerprint density at radius 2 is 1.77 bits per heavy atom. The number of benzene rings is 2. The molecule has 1 N–H and O–H groups in total. The second-order valence-electron chi connectivity index (χ2n) is 8.20. The molecule has 5 heteroatoms. The summed E-state index contributed by atoms with van der Waals surface area (Å²) in [5.41, 5.74) is 2.97. The van der Waals surface area contributed by atoms with Crippen molar-refractivity contribution < 1.29 is 13.9 Å². The van der Waals surface area contributed by atoms with Gasteiger partial charge < -0.3 is 14.5 Å². The van der Waals surface area contributed by atoms with E-state index in [0.717, 1.165) is 55.1 Å². The number of hydrogen-bond acceptors (Lipinski definition) is 4. The number of rotatable bonds is 8. The highest BCUT2D eigenvalue weighted by atomic mass is 16.5. The first-order valence-electron chi connectivity index (χ1n) is 10.9. The minimum atomic E-state index is -0.00743. The lowest BCUT2D eigenvalue weighted by Gasteiger charge is -2.32. The molecule has 31 heavy (non-hydrogen) atoms. The largest absolute Gasteiger partial charge is 0.462 e. The van der Waals surface area contributed by atoms with Crippen molar-refractivity contribution in [2.24, 2.45) is 5.92 Å². The Balaban J connectivity index is 1.26. The number of piperidine rings is 1. The fourth-order valence-corrected chi connectivity index (χ4v) is 4.19. The predicted octanol–water partition coefficient (Wildman–Crippen LogP) is 4.74. The van der Waals surface area contributed by atoms with Crippen molar-refractivity contribution in [1.82, 2.24) is 10.2 Å². The summed E-state index contributed by atoms with van der Waals surface area (Å²) in [6.07, 6.45) is 2.27. The normalized spacial score (nSPS) is 16.9. The second-order valence-corrected chi connectivity index (χ2v) is 8.20. The minimum Gasteiger partial charge on any atom is -0.462 e. The zero-order valence-electron chi connectivity index (χ0n) is 18.0. The van der Waals surface area contributed by atoms with E-state index in [2.05, 4.69) is 22.3 Å². The highest BCUT2D eigenvalue weighted by Crippen LogP contribution is 2.21. The van der Waals surface area contributed by atoms with E-state index >= 15 is 0 Å². The summed E-state index contributed by atoms with van der Waals surface area (Å²) < 4.78 is 10.9. The lowest BCUT2D eigenvalue weighted by atomic mass is 9.97. The molecule has 1 aromatic heterocycles. The quantitative estimate of drug-likeness (QED) is 0.574. The average Bonchev–Trinajstić information content (AvgIpc) is 3.25. The van der Waals surface area contributed by atoms with Crippen LogP contribution in [0.5, 0.6) is 0 Å². The van der Waals surface area contributed by atoms with Crippen molar-refractivity contribution in [3.63, 3.8) is 0 Å². The van der Waals surface area contributed by atoms with E-state index in [1.807, 2.05) is 54.6 Å². The van der Waals surface area contributed by atoms with Gasteiger partial charge in [0.1, 0.15) is 18.1 Å². The third kappa shape index (κ3) is 5.84. The van der Waals surface area contributed by atoms with E-state index in [0.29, 0.717) is 24.6 Å². The van der Waals surface area contributed by atoms with Gasteiger partial charge >= 0.3 is 0 Å².